The van der Waals surface area contributed by atoms with Crippen molar-refractivity contribution in [3.63, 3.8) is 0 Å². The van der Waals surface area contributed by atoms with Crippen LogP contribution in [0, 0.1) is 0 Å². The van der Waals surface area contributed by atoms with Gasteiger partial charge in [0.2, 0.25) is 0 Å². The Morgan fingerprint density at radius 3 is 3.06 bits per heavy atom. The molecule has 1 unspecified atom stereocenters. The summed E-state index contributed by atoms with van der Waals surface area (Å²) in [5.41, 5.74) is 0.713. The third kappa shape index (κ3) is 1.59. The van der Waals surface area contributed by atoms with Gasteiger partial charge in [-0.2, -0.15) is 10.2 Å². The Morgan fingerprint density at radius 2 is 2.25 bits per heavy atom. The van der Waals surface area contributed by atoms with Crippen molar-refractivity contribution < 1.29 is 9.21 Å². The normalized spacial score (nSPS) is 21.5. The van der Waals surface area contributed by atoms with Crippen molar-refractivity contribution in [1.29, 1.82) is 0 Å². The molecular formula is C11H11N3O2. The molecule has 2 aromatic rings. The van der Waals surface area contributed by atoms with Gasteiger partial charge < -0.3 is 9.73 Å². The first-order valence-electron chi connectivity index (χ1n) is 5.28. The smallest absolute Gasteiger partial charge is 0.156 e. The average Bonchev–Trinajstić information content (AvgIpc) is 2.72. The molecule has 1 saturated heterocycles. The number of nitrogens with one attached hydrogen (secondary N) is 1. The van der Waals surface area contributed by atoms with E-state index in [1.54, 1.807) is 12.4 Å². The number of nitrogens with zero attached hydrogens (tertiary/aromatic N) is 2. The summed E-state index contributed by atoms with van der Waals surface area (Å²) in [7, 11) is 0. The lowest BCUT2D eigenvalue weighted by molar-refractivity contribution is -0.120. The predicted octanol–water partition coefficient (Wildman–Crippen LogP) is 1.22. The van der Waals surface area contributed by atoms with Crippen molar-refractivity contribution in [3.8, 4) is 0 Å². The van der Waals surface area contributed by atoms with Crippen LogP contribution in [0.1, 0.15) is 24.6 Å². The molecule has 0 amide bonds. The number of furan rings is 1. The van der Waals surface area contributed by atoms with Crippen LogP contribution < -0.4 is 5.32 Å². The van der Waals surface area contributed by atoms with Crippen molar-refractivity contribution in [1.82, 2.24) is 15.5 Å². The molecule has 0 radical (unpaired) electrons. The van der Waals surface area contributed by atoms with E-state index in [1.165, 1.54) is 0 Å². The van der Waals surface area contributed by atoms with E-state index in [2.05, 4.69) is 15.5 Å². The molecule has 1 N–H and O–H groups in total. The van der Waals surface area contributed by atoms with Crippen molar-refractivity contribution in [2.45, 2.75) is 18.9 Å². The quantitative estimate of drug-likeness (QED) is 0.777. The largest absolute Gasteiger partial charge is 0.458 e. The maximum atomic E-state index is 11.4. The molecule has 0 aromatic carbocycles. The Morgan fingerprint density at radius 1 is 1.38 bits per heavy atom. The molecular weight excluding hydrogens is 206 g/mol. The molecule has 2 aromatic heterocycles. The Labute approximate surface area is 91.8 Å². The van der Waals surface area contributed by atoms with Gasteiger partial charge in [0, 0.05) is 24.8 Å². The van der Waals surface area contributed by atoms with Crippen LogP contribution in [0.4, 0.5) is 0 Å². The molecule has 1 fully saturated rings. The van der Waals surface area contributed by atoms with Crippen LogP contribution in [0.3, 0.4) is 0 Å². The number of carbonyl (C=O) groups is 1. The third-order valence-corrected chi connectivity index (χ3v) is 2.82. The van der Waals surface area contributed by atoms with E-state index in [-0.39, 0.29) is 11.8 Å². The van der Waals surface area contributed by atoms with Crippen molar-refractivity contribution >= 4 is 16.8 Å². The van der Waals surface area contributed by atoms with Gasteiger partial charge in [0.25, 0.3) is 0 Å². The highest BCUT2D eigenvalue weighted by Gasteiger charge is 2.23. The van der Waals surface area contributed by atoms with E-state index in [0.29, 0.717) is 18.4 Å². The van der Waals surface area contributed by atoms with Crippen LogP contribution in [0.25, 0.3) is 11.0 Å². The Balaban J connectivity index is 1.96. The Kier molecular flexibility index (Phi) is 2.18. The van der Waals surface area contributed by atoms with Gasteiger partial charge in [-0.1, -0.05) is 0 Å². The number of fused-ring (bicyclic) bond motifs is 1. The molecule has 3 heterocycles. The molecule has 1 atom stereocenters. The number of rotatable bonds is 1. The Hall–Kier alpha value is -1.75. The minimum atomic E-state index is -0.00588. The fourth-order valence-corrected chi connectivity index (χ4v) is 1.98. The molecule has 1 aliphatic heterocycles. The SMILES string of the molecule is O=C1CCNC(c2cc3cnncc3o2)C1. The lowest BCUT2D eigenvalue weighted by Gasteiger charge is -2.20. The molecule has 1 aliphatic rings. The van der Waals surface area contributed by atoms with Gasteiger partial charge in [-0.25, -0.2) is 0 Å². The molecule has 0 saturated carbocycles. The first kappa shape index (κ1) is 9.47. The van der Waals surface area contributed by atoms with E-state index >= 15 is 0 Å². The minimum absolute atomic E-state index is 0.00588. The second-order valence-electron chi connectivity index (χ2n) is 3.96. The molecule has 3 rings (SSSR count). The summed E-state index contributed by atoms with van der Waals surface area (Å²) < 4.78 is 5.64. The zero-order valence-corrected chi connectivity index (χ0v) is 8.64. The highest BCUT2D eigenvalue weighted by molar-refractivity contribution is 5.81. The van der Waals surface area contributed by atoms with Crippen LogP contribution in [0.5, 0.6) is 0 Å². The van der Waals surface area contributed by atoms with Gasteiger partial charge in [-0.15, -0.1) is 0 Å². The molecule has 82 valence electrons. The summed E-state index contributed by atoms with van der Waals surface area (Å²) in [6.45, 7) is 0.719. The predicted molar refractivity (Wildman–Crippen MR) is 56.8 cm³/mol. The standard InChI is InChI=1S/C11H11N3O2/c15-8-1-2-12-9(4-8)10-3-7-5-13-14-6-11(7)16-10/h3,5-6,9,12H,1-2,4H2. The van der Waals surface area contributed by atoms with Crippen LogP contribution in [0.2, 0.25) is 0 Å². The van der Waals surface area contributed by atoms with Crippen molar-refractivity contribution in [3.05, 3.63) is 24.2 Å². The van der Waals surface area contributed by atoms with Gasteiger partial charge in [-0.3, -0.25) is 4.79 Å². The van der Waals surface area contributed by atoms with Gasteiger partial charge in [-0.05, 0) is 6.07 Å². The maximum Gasteiger partial charge on any atom is 0.156 e. The van der Waals surface area contributed by atoms with Gasteiger partial charge in [0.1, 0.15) is 11.5 Å². The second kappa shape index (κ2) is 3.68. The number of ketones is 1. The fraction of sp³-hybridized carbons (Fsp3) is 0.364. The number of aromatic nitrogens is 2. The summed E-state index contributed by atoms with van der Waals surface area (Å²) in [4.78, 5) is 11.4. The highest BCUT2D eigenvalue weighted by atomic mass is 16.3. The maximum absolute atomic E-state index is 11.4. The summed E-state index contributed by atoms with van der Waals surface area (Å²) in [5, 5.41) is 11.7. The van der Waals surface area contributed by atoms with Gasteiger partial charge >= 0.3 is 0 Å². The molecule has 16 heavy (non-hydrogen) atoms. The van der Waals surface area contributed by atoms with E-state index in [0.717, 1.165) is 17.7 Å². The zero-order chi connectivity index (χ0) is 11.0. The summed E-state index contributed by atoms with van der Waals surface area (Å²) in [6, 6.07) is 1.91. The van der Waals surface area contributed by atoms with E-state index in [9.17, 15) is 4.79 Å². The molecule has 0 spiro atoms. The fourth-order valence-electron chi connectivity index (χ4n) is 1.98. The van der Waals surface area contributed by atoms with Crippen LogP contribution in [-0.2, 0) is 4.79 Å². The third-order valence-electron chi connectivity index (χ3n) is 2.82. The number of hydrogen-bond donors (Lipinski definition) is 1. The highest BCUT2D eigenvalue weighted by Crippen LogP contribution is 2.26. The number of Topliss-reactive ketones (excluding diaryl/α,β-unsaturated/α-hetero) is 1. The first-order valence-corrected chi connectivity index (χ1v) is 5.28. The summed E-state index contributed by atoms with van der Waals surface area (Å²) in [5.74, 6) is 1.07. The number of piperidine rings is 1. The molecule has 0 aliphatic carbocycles. The van der Waals surface area contributed by atoms with E-state index in [1.807, 2.05) is 6.07 Å². The van der Waals surface area contributed by atoms with Crippen LogP contribution in [0.15, 0.2) is 22.9 Å². The summed E-state index contributed by atoms with van der Waals surface area (Å²) >= 11 is 0. The van der Waals surface area contributed by atoms with Crippen LogP contribution in [-0.4, -0.2) is 22.5 Å². The first-order chi connectivity index (χ1) is 7.83. The number of hydrogen-bond acceptors (Lipinski definition) is 5. The molecule has 5 nitrogen and oxygen atoms in total. The minimum Gasteiger partial charge on any atom is -0.458 e. The van der Waals surface area contributed by atoms with Crippen molar-refractivity contribution in [2.75, 3.05) is 6.54 Å². The zero-order valence-electron chi connectivity index (χ0n) is 8.64. The molecule has 0 bridgehead atoms. The second-order valence-corrected chi connectivity index (χ2v) is 3.96. The van der Waals surface area contributed by atoms with Crippen LogP contribution >= 0.6 is 0 Å². The van der Waals surface area contributed by atoms with Gasteiger partial charge in [0.05, 0.1) is 18.4 Å². The van der Waals surface area contributed by atoms with E-state index in [4.69, 9.17) is 4.42 Å². The number of carbonyl (C=O) groups excluding carboxylic acids is 1. The molecule has 5 heteroatoms. The lowest BCUT2D eigenvalue weighted by Crippen LogP contribution is -2.31. The summed E-state index contributed by atoms with van der Waals surface area (Å²) in [6.07, 6.45) is 4.36. The van der Waals surface area contributed by atoms with Crippen molar-refractivity contribution in [2.24, 2.45) is 0 Å². The lowest BCUT2D eigenvalue weighted by atomic mass is 10.0. The Bertz CT molecular complexity index is 502. The van der Waals surface area contributed by atoms with E-state index < -0.39 is 0 Å². The van der Waals surface area contributed by atoms with Gasteiger partial charge in [0.15, 0.2) is 5.58 Å². The average molecular weight is 217 g/mol. The topological polar surface area (TPSA) is 68.0 Å². The monoisotopic (exact) mass is 217 g/mol.